The zero-order valence-corrected chi connectivity index (χ0v) is 13.9. The number of hydrogen-bond acceptors (Lipinski definition) is 2. The van der Waals surface area contributed by atoms with E-state index in [1.54, 1.807) is 0 Å². The van der Waals surface area contributed by atoms with Crippen LogP contribution < -0.4 is 10.6 Å². The monoisotopic (exact) mass is 273 g/mol. The molecule has 0 saturated carbocycles. The van der Waals surface area contributed by atoms with Crippen LogP contribution in [0.5, 0.6) is 0 Å². The van der Waals surface area contributed by atoms with Crippen molar-refractivity contribution in [1.29, 1.82) is 0 Å². The minimum absolute atomic E-state index is 0.403. The van der Waals surface area contributed by atoms with Gasteiger partial charge in [0.2, 0.25) is 0 Å². The Hall–Kier alpha value is -0.380. The summed E-state index contributed by atoms with van der Waals surface area (Å²) >= 11 is 1.86. The molecular formula is C14H31N3S. The van der Waals surface area contributed by atoms with Crippen LogP contribution in [0.25, 0.3) is 0 Å². The molecular weight excluding hydrogens is 242 g/mol. The van der Waals surface area contributed by atoms with Crippen molar-refractivity contribution >= 4 is 17.7 Å². The van der Waals surface area contributed by atoms with Crippen molar-refractivity contribution in [3.63, 3.8) is 0 Å². The van der Waals surface area contributed by atoms with Crippen LogP contribution in [0.3, 0.4) is 0 Å². The van der Waals surface area contributed by atoms with E-state index < -0.39 is 0 Å². The van der Waals surface area contributed by atoms with E-state index in [2.05, 4.69) is 56.5 Å². The Morgan fingerprint density at radius 2 is 1.89 bits per heavy atom. The molecule has 0 aliphatic rings. The second kappa shape index (κ2) is 8.68. The lowest BCUT2D eigenvalue weighted by atomic mass is 9.89. The van der Waals surface area contributed by atoms with Gasteiger partial charge in [-0.15, -0.1) is 0 Å². The molecule has 0 rings (SSSR count). The smallest absolute Gasteiger partial charge is 0.191 e. The Morgan fingerprint density at radius 1 is 1.28 bits per heavy atom. The highest BCUT2D eigenvalue weighted by atomic mass is 32.2. The molecule has 3 nitrogen and oxygen atoms in total. The maximum atomic E-state index is 4.26. The predicted molar refractivity (Wildman–Crippen MR) is 85.6 cm³/mol. The molecule has 0 radical (unpaired) electrons. The number of aliphatic imine (C=N–C) groups is 1. The number of rotatable bonds is 6. The summed E-state index contributed by atoms with van der Waals surface area (Å²) in [5, 5.41) is 7.42. The van der Waals surface area contributed by atoms with E-state index in [9.17, 15) is 0 Å². The number of hydrogen-bond donors (Lipinski definition) is 2. The van der Waals surface area contributed by atoms with Gasteiger partial charge in [0.15, 0.2) is 5.96 Å². The Morgan fingerprint density at radius 3 is 2.33 bits per heavy atom. The lowest BCUT2D eigenvalue weighted by molar-refractivity contribution is 0.346. The van der Waals surface area contributed by atoms with Crippen molar-refractivity contribution in [1.82, 2.24) is 10.6 Å². The van der Waals surface area contributed by atoms with Crippen molar-refractivity contribution < 1.29 is 0 Å². The van der Waals surface area contributed by atoms with Crippen molar-refractivity contribution in [2.45, 2.75) is 58.8 Å². The average Bonchev–Trinajstić information content (AvgIpc) is 2.30. The number of guanidine groups is 1. The molecule has 2 atom stereocenters. The standard InChI is InChI=1S/C14H31N3S/c1-11(8-9-14(3,4)5)17-13(15-6)16-10-12(2)18-7/h11-12H,8-10H2,1-7H3,(H2,15,16,17). The van der Waals surface area contributed by atoms with Gasteiger partial charge in [-0.25, -0.2) is 0 Å². The van der Waals surface area contributed by atoms with Crippen molar-refractivity contribution in [3.05, 3.63) is 0 Å². The van der Waals surface area contributed by atoms with Crippen LogP contribution in [0.4, 0.5) is 0 Å². The van der Waals surface area contributed by atoms with Crippen LogP contribution in [-0.4, -0.2) is 37.1 Å². The molecule has 0 spiro atoms. The van der Waals surface area contributed by atoms with Crippen LogP contribution in [0.15, 0.2) is 4.99 Å². The minimum atomic E-state index is 0.403. The van der Waals surface area contributed by atoms with Crippen molar-refractivity contribution in [3.8, 4) is 0 Å². The number of nitrogens with one attached hydrogen (secondary N) is 2. The van der Waals surface area contributed by atoms with E-state index >= 15 is 0 Å². The van der Waals surface area contributed by atoms with Gasteiger partial charge in [0.1, 0.15) is 0 Å². The van der Waals surface area contributed by atoms with Crippen LogP contribution in [0.1, 0.15) is 47.5 Å². The maximum Gasteiger partial charge on any atom is 0.191 e. The summed E-state index contributed by atoms with van der Waals surface area (Å²) in [4.78, 5) is 4.26. The van der Waals surface area contributed by atoms with Gasteiger partial charge in [-0.3, -0.25) is 4.99 Å². The van der Waals surface area contributed by atoms with Gasteiger partial charge in [0, 0.05) is 24.9 Å². The van der Waals surface area contributed by atoms with E-state index in [0.717, 1.165) is 12.5 Å². The predicted octanol–water partition coefficient (Wildman–Crippen LogP) is 3.12. The molecule has 0 fully saturated rings. The normalized spacial score (nSPS) is 16.3. The lowest BCUT2D eigenvalue weighted by Gasteiger charge is -2.23. The largest absolute Gasteiger partial charge is 0.355 e. The molecule has 0 heterocycles. The molecule has 0 saturated heterocycles. The average molecular weight is 273 g/mol. The van der Waals surface area contributed by atoms with E-state index in [1.165, 1.54) is 12.8 Å². The van der Waals surface area contributed by atoms with Gasteiger partial charge in [0.05, 0.1) is 0 Å². The molecule has 0 bridgehead atoms. The first-order chi connectivity index (χ1) is 8.28. The SMILES string of the molecule is CN=C(NCC(C)SC)NC(C)CCC(C)(C)C. The highest BCUT2D eigenvalue weighted by molar-refractivity contribution is 7.99. The summed E-state index contributed by atoms with van der Waals surface area (Å²) < 4.78 is 0. The second-order valence-corrected chi connectivity index (χ2v) is 7.42. The van der Waals surface area contributed by atoms with E-state index in [-0.39, 0.29) is 0 Å². The molecule has 0 aromatic rings. The van der Waals surface area contributed by atoms with Crippen LogP contribution in [-0.2, 0) is 0 Å². The van der Waals surface area contributed by atoms with Crippen molar-refractivity contribution in [2.75, 3.05) is 19.8 Å². The fourth-order valence-electron chi connectivity index (χ4n) is 1.47. The van der Waals surface area contributed by atoms with E-state index in [1.807, 2.05) is 18.8 Å². The minimum Gasteiger partial charge on any atom is -0.355 e. The number of thioether (sulfide) groups is 1. The highest BCUT2D eigenvalue weighted by Crippen LogP contribution is 2.21. The van der Waals surface area contributed by atoms with E-state index in [4.69, 9.17) is 0 Å². The first-order valence-electron chi connectivity index (χ1n) is 6.78. The quantitative estimate of drug-likeness (QED) is 0.577. The lowest BCUT2D eigenvalue weighted by Crippen LogP contribution is -2.44. The van der Waals surface area contributed by atoms with E-state index in [0.29, 0.717) is 16.7 Å². The van der Waals surface area contributed by atoms with Crippen LogP contribution in [0, 0.1) is 5.41 Å². The van der Waals surface area contributed by atoms with Gasteiger partial charge in [0.25, 0.3) is 0 Å². The van der Waals surface area contributed by atoms with Gasteiger partial charge in [-0.2, -0.15) is 11.8 Å². The number of nitrogens with zero attached hydrogens (tertiary/aromatic N) is 1. The molecule has 108 valence electrons. The third-order valence-corrected chi connectivity index (χ3v) is 3.86. The molecule has 0 aromatic heterocycles. The van der Waals surface area contributed by atoms with Crippen LogP contribution in [0.2, 0.25) is 0 Å². The summed E-state index contributed by atoms with van der Waals surface area (Å²) in [6.45, 7) is 12.2. The molecule has 0 aromatic carbocycles. The third-order valence-electron chi connectivity index (χ3n) is 2.89. The summed E-state index contributed by atoms with van der Waals surface area (Å²) in [6.07, 6.45) is 4.52. The molecule has 4 heteroatoms. The topological polar surface area (TPSA) is 36.4 Å². The molecule has 0 aliphatic carbocycles. The summed E-state index contributed by atoms with van der Waals surface area (Å²) in [7, 11) is 1.83. The molecule has 2 unspecified atom stereocenters. The summed E-state index contributed by atoms with van der Waals surface area (Å²) in [5.41, 5.74) is 0.403. The molecule has 0 aliphatic heterocycles. The fourth-order valence-corrected chi connectivity index (χ4v) is 1.72. The Kier molecular flexibility index (Phi) is 8.49. The molecule has 2 N–H and O–H groups in total. The summed E-state index contributed by atoms with van der Waals surface area (Å²) in [5.74, 6) is 0.914. The highest BCUT2D eigenvalue weighted by Gasteiger charge is 2.13. The van der Waals surface area contributed by atoms with Crippen molar-refractivity contribution in [2.24, 2.45) is 10.4 Å². The van der Waals surface area contributed by atoms with Gasteiger partial charge in [-0.05, 0) is 31.4 Å². The Labute approximate surface area is 118 Å². The Balaban J connectivity index is 3.98. The zero-order valence-electron chi connectivity index (χ0n) is 13.1. The van der Waals surface area contributed by atoms with Gasteiger partial charge in [-0.1, -0.05) is 27.7 Å². The molecule has 18 heavy (non-hydrogen) atoms. The summed E-state index contributed by atoms with van der Waals surface area (Å²) in [6, 6.07) is 0.458. The van der Waals surface area contributed by atoms with Gasteiger partial charge < -0.3 is 10.6 Å². The van der Waals surface area contributed by atoms with Gasteiger partial charge >= 0.3 is 0 Å². The second-order valence-electron chi connectivity index (χ2n) is 6.14. The zero-order chi connectivity index (χ0) is 14.2. The molecule has 0 amide bonds. The Bertz CT molecular complexity index is 246. The van der Waals surface area contributed by atoms with Crippen LogP contribution >= 0.6 is 11.8 Å². The fraction of sp³-hybridized carbons (Fsp3) is 0.929. The first-order valence-corrected chi connectivity index (χ1v) is 8.07. The third kappa shape index (κ3) is 9.63. The first kappa shape index (κ1) is 17.6. The maximum absolute atomic E-state index is 4.26.